The van der Waals surface area contributed by atoms with E-state index in [4.69, 9.17) is 21.6 Å². The minimum absolute atomic E-state index is 0.490. The maximum Gasteiger partial charge on any atom is 0.122 e. The molecule has 0 aliphatic heterocycles. The van der Waals surface area contributed by atoms with Crippen molar-refractivity contribution in [3.05, 3.63) is 64.2 Å². The first-order chi connectivity index (χ1) is 8.69. The highest BCUT2D eigenvalue weighted by atomic mass is 35.5. The largest absolute Gasteiger partial charge is 0.489 e. The number of rotatable bonds is 3. The van der Waals surface area contributed by atoms with Crippen LogP contribution in [0.4, 0.5) is 0 Å². The van der Waals surface area contributed by atoms with Gasteiger partial charge in [-0.2, -0.15) is 5.26 Å². The number of ether oxygens (including phenoxy) is 1. The number of benzene rings is 2. The highest BCUT2D eigenvalue weighted by Gasteiger charge is 2.01. The van der Waals surface area contributed by atoms with E-state index in [0.717, 1.165) is 16.9 Å². The Kier molecular flexibility index (Phi) is 3.86. The van der Waals surface area contributed by atoms with Gasteiger partial charge in [0.25, 0.3) is 0 Å². The molecule has 0 spiro atoms. The first-order valence-electron chi connectivity index (χ1n) is 5.57. The molecule has 90 valence electrons. The summed E-state index contributed by atoms with van der Waals surface area (Å²) in [6, 6.07) is 15.0. The number of nitriles is 1. The third kappa shape index (κ3) is 3.03. The minimum Gasteiger partial charge on any atom is -0.489 e. The van der Waals surface area contributed by atoms with Gasteiger partial charge in [-0.1, -0.05) is 23.7 Å². The highest BCUT2D eigenvalue weighted by molar-refractivity contribution is 6.30. The molecule has 0 saturated heterocycles. The predicted molar refractivity (Wildman–Crippen MR) is 71.7 cm³/mol. The Bertz CT molecular complexity index is 584. The number of halogens is 1. The maximum absolute atomic E-state index is 8.78. The zero-order valence-electron chi connectivity index (χ0n) is 9.98. The summed E-state index contributed by atoms with van der Waals surface area (Å²) >= 11 is 5.82. The van der Waals surface area contributed by atoms with Crippen molar-refractivity contribution in [2.24, 2.45) is 0 Å². The van der Waals surface area contributed by atoms with Crippen LogP contribution >= 0.6 is 11.6 Å². The fourth-order valence-electron chi connectivity index (χ4n) is 1.62. The topological polar surface area (TPSA) is 33.0 Å². The number of aryl methyl sites for hydroxylation is 1. The van der Waals surface area contributed by atoms with Crippen LogP contribution in [0.1, 0.15) is 16.7 Å². The lowest BCUT2D eigenvalue weighted by atomic mass is 10.1. The second kappa shape index (κ2) is 5.57. The molecule has 0 atom stereocenters. The summed E-state index contributed by atoms with van der Waals surface area (Å²) in [5.74, 6) is 0.795. The van der Waals surface area contributed by atoms with Crippen molar-refractivity contribution in [1.82, 2.24) is 0 Å². The van der Waals surface area contributed by atoms with Crippen LogP contribution in [0.15, 0.2) is 42.5 Å². The van der Waals surface area contributed by atoms with Crippen molar-refractivity contribution in [3.8, 4) is 11.8 Å². The van der Waals surface area contributed by atoms with Crippen LogP contribution in [0.3, 0.4) is 0 Å². The van der Waals surface area contributed by atoms with E-state index in [9.17, 15) is 0 Å². The summed E-state index contributed by atoms with van der Waals surface area (Å²) in [5.41, 5.74) is 2.66. The van der Waals surface area contributed by atoms with Crippen LogP contribution in [0.2, 0.25) is 5.02 Å². The molecule has 0 heterocycles. The van der Waals surface area contributed by atoms with Gasteiger partial charge in [-0.05, 0) is 48.4 Å². The van der Waals surface area contributed by atoms with Crippen molar-refractivity contribution < 1.29 is 4.74 Å². The first kappa shape index (κ1) is 12.5. The molecule has 3 heteroatoms. The monoisotopic (exact) mass is 257 g/mol. The molecule has 0 fully saturated rings. The van der Waals surface area contributed by atoms with Crippen molar-refractivity contribution in [2.75, 3.05) is 0 Å². The Morgan fingerprint density at radius 3 is 2.50 bits per heavy atom. The quantitative estimate of drug-likeness (QED) is 0.829. The number of hydrogen-bond donors (Lipinski definition) is 0. The van der Waals surface area contributed by atoms with Gasteiger partial charge in [-0.3, -0.25) is 0 Å². The highest BCUT2D eigenvalue weighted by Crippen LogP contribution is 2.20. The Balaban J connectivity index is 2.06. The lowest BCUT2D eigenvalue weighted by molar-refractivity contribution is 0.304. The summed E-state index contributed by atoms with van der Waals surface area (Å²) in [6.45, 7) is 2.42. The molecule has 2 rings (SSSR count). The Morgan fingerprint density at radius 2 is 1.89 bits per heavy atom. The zero-order valence-corrected chi connectivity index (χ0v) is 10.7. The summed E-state index contributed by atoms with van der Waals surface area (Å²) in [4.78, 5) is 0. The molecular formula is C15H12ClNO. The van der Waals surface area contributed by atoms with Gasteiger partial charge >= 0.3 is 0 Å². The summed E-state index contributed by atoms with van der Waals surface area (Å²) < 4.78 is 5.71. The van der Waals surface area contributed by atoms with Crippen molar-refractivity contribution in [3.63, 3.8) is 0 Å². The number of nitrogens with zero attached hydrogens (tertiary/aromatic N) is 1. The van der Waals surface area contributed by atoms with E-state index in [0.29, 0.717) is 17.2 Å². The average Bonchev–Trinajstić information content (AvgIpc) is 2.39. The molecule has 0 aliphatic carbocycles. The molecule has 0 N–H and O–H groups in total. The van der Waals surface area contributed by atoms with Crippen LogP contribution in [0, 0.1) is 18.3 Å². The second-order valence-electron chi connectivity index (χ2n) is 4.01. The SMILES string of the molecule is Cc1cc(C#N)ccc1OCc1ccc(Cl)cc1. The van der Waals surface area contributed by atoms with Gasteiger partial charge in [-0.15, -0.1) is 0 Å². The molecule has 2 nitrogen and oxygen atoms in total. The third-order valence-corrected chi connectivity index (χ3v) is 2.86. The van der Waals surface area contributed by atoms with Gasteiger partial charge in [-0.25, -0.2) is 0 Å². The molecule has 0 saturated carbocycles. The van der Waals surface area contributed by atoms with Crippen LogP contribution in [-0.2, 0) is 6.61 Å². The van der Waals surface area contributed by atoms with Gasteiger partial charge in [0, 0.05) is 5.02 Å². The molecule has 0 aromatic heterocycles. The lowest BCUT2D eigenvalue weighted by Gasteiger charge is -2.09. The summed E-state index contributed by atoms with van der Waals surface area (Å²) in [7, 11) is 0. The van der Waals surface area contributed by atoms with Crippen LogP contribution in [-0.4, -0.2) is 0 Å². The normalized spacial score (nSPS) is 9.83. The van der Waals surface area contributed by atoms with E-state index in [-0.39, 0.29) is 0 Å². The fourth-order valence-corrected chi connectivity index (χ4v) is 1.75. The third-order valence-electron chi connectivity index (χ3n) is 2.61. The van der Waals surface area contributed by atoms with E-state index in [2.05, 4.69) is 6.07 Å². The Labute approximate surface area is 111 Å². The molecular weight excluding hydrogens is 246 g/mol. The molecule has 0 radical (unpaired) electrons. The molecule has 0 unspecified atom stereocenters. The Morgan fingerprint density at radius 1 is 1.17 bits per heavy atom. The fraction of sp³-hybridized carbons (Fsp3) is 0.133. The van der Waals surface area contributed by atoms with Gasteiger partial charge in [0.15, 0.2) is 0 Å². The summed E-state index contributed by atoms with van der Waals surface area (Å²) in [6.07, 6.45) is 0. The average molecular weight is 258 g/mol. The zero-order chi connectivity index (χ0) is 13.0. The predicted octanol–water partition coefficient (Wildman–Crippen LogP) is 4.10. The van der Waals surface area contributed by atoms with Gasteiger partial charge in [0.2, 0.25) is 0 Å². The van der Waals surface area contributed by atoms with E-state index >= 15 is 0 Å². The lowest BCUT2D eigenvalue weighted by Crippen LogP contribution is -1.97. The molecule has 18 heavy (non-hydrogen) atoms. The molecule has 2 aromatic carbocycles. The smallest absolute Gasteiger partial charge is 0.122 e. The van der Waals surface area contributed by atoms with Gasteiger partial charge in [0.05, 0.1) is 11.6 Å². The van der Waals surface area contributed by atoms with Crippen LogP contribution < -0.4 is 4.74 Å². The van der Waals surface area contributed by atoms with Crippen LogP contribution in [0.5, 0.6) is 5.75 Å². The van der Waals surface area contributed by atoms with E-state index in [1.807, 2.05) is 43.3 Å². The van der Waals surface area contributed by atoms with E-state index in [1.165, 1.54) is 0 Å². The number of hydrogen-bond acceptors (Lipinski definition) is 2. The van der Waals surface area contributed by atoms with Crippen molar-refractivity contribution in [1.29, 1.82) is 5.26 Å². The molecule has 0 bridgehead atoms. The molecule has 2 aromatic rings. The van der Waals surface area contributed by atoms with E-state index < -0.39 is 0 Å². The van der Waals surface area contributed by atoms with Crippen molar-refractivity contribution in [2.45, 2.75) is 13.5 Å². The van der Waals surface area contributed by atoms with Crippen LogP contribution in [0.25, 0.3) is 0 Å². The minimum atomic E-state index is 0.490. The van der Waals surface area contributed by atoms with Gasteiger partial charge < -0.3 is 4.74 Å². The molecule has 0 amide bonds. The maximum atomic E-state index is 8.78. The van der Waals surface area contributed by atoms with E-state index in [1.54, 1.807) is 6.07 Å². The van der Waals surface area contributed by atoms with Crippen molar-refractivity contribution >= 4 is 11.6 Å². The summed E-state index contributed by atoms with van der Waals surface area (Å²) in [5, 5.41) is 9.50. The molecule has 0 aliphatic rings. The standard InChI is InChI=1S/C15H12ClNO/c1-11-8-13(9-17)4-7-15(11)18-10-12-2-5-14(16)6-3-12/h2-8H,10H2,1H3. The van der Waals surface area contributed by atoms with Gasteiger partial charge in [0.1, 0.15) is 12.4 Å². The Hall–Kier alpha value is -1.98. The first-order valence-corrected chi connectivity index (χ1v) is 5.95. The second-order valence-corrected chi connectivity index (χ2v) is 4.44.